The number of esters is 1. The Morgan fingerprint density at radius 1 is 1.00 bits per heavy atom. The molecule has 2 bridgehead atoms. The predicted octanol–water partition coefficient (Wildman–Crippen LogP) is 4.50. The lowest BCUT2D eigenvalue weighted by molar-refractivity contribution is 0.0359. The van der Waals surface area contributed by atoms with Gasteiger partial charge in [0, 0.05) is 43.3 Å². The fourth-order valence-electron chi connectivity index (χ4n) is 5.08. The number of hydrogen-bond acceptors (Lipinski definition) is 7. The summed E-state index contributed by atoms with van der Waals surface area (Å²) in [6.45, 7) is 2.14. The van der Waals surface area contributed by atoms with Gasteiger partial charge in [0.1, 0.15) is 18.2 Å². The van der Waals surface area contributed by atoms with E-state index in [2.05, 4.69) is 15.1 Å². The van der Waals surface area contributed by atoms with Crippen LogP contribution in [0.3, 0.4) is 0 Å². The summed E-state index contributed by atoms with van der Waals surface area (Å²) in [5, 5.41) is 8.87. The SMILES string of the molecule is CCOC(=O)c1ccc(OC2CC3CCC(C2)N3C(=O)c2ccc(CSc3nncn3C)cc2)cc1. The van der Waals surface area contributed by atoms with E-state index in [1.165, 1.54) is 0 Å². The molecule has 2 saturated heterocycles. The molecule has 2 aromatic carbocycles. The molecule has 5 rings (SSSR count). The van der Waals surface area contributed by atoms with Crippen molar-refractivity contribution in [2.24, 2.45) is 7.05 Å². The zero-order valence-corrected chi connectivity index (χ0v) is 21.3. The largest absolute Gasteiger partial charge is 0.490 e. The highest BCUT2D eigenvalue weighted by atomic mass is 32.2. The molecular weight excluding hydrogens is 476 g/mol. The maximum Gasteiger partial charge on any atom is 0.338 e. The van der Waals surface area contributed by atoms with E-state index in [1.807, 2.05) is 48.0 Å². The zero-order chi connectivity index (χ0) is 25.1. The first-order valence-electron chi connectivity index (χ1n) is 12.3. The molecule has 0 radical (unpaired) electrons. The van der Waals surface area contributed by atoms with Crippen molar-refractivity contribution in [3.05, 3.63) is 71.5 Å². The van der Waals surface area contributed by atoms with Gasteiger partial charge in [-0.2, -0.15) is 0 Å². The number of aryl methyl sites for hydroxylation is 1. The fourth-order valence-corrected chi connectivity index (χ4v) is 5.92. The molecule has 0 N–H and O–H groups in total. The maximum atomic E-state index is 13.4. The number of thioether (sulfide) groups is 1. The number of benzene rings is 2. The highest BCUT2D eigenvalue weighted by molar-refractivity contribution is 7.98. The van der Waals surface area contributed by atoms with Crippen LogP contribution in [0.15, 0.2) is 60.0 Å². The Bertz CT molecular complexity index is 1200. The number of hydrogen-bond donors (Lipinski definition) is 0. The van der Waals surface area contributed by atoms with Gasteiger partial charge in [0.15, 0.2) is 5.16 Å². The van der Waals surface area contributed by atoms with Crippen molar-refractivity contribution in [2.45, 2.75) is 61.7 Å². The standard InChI is InChI=1S/C27H30N4O4S/c1-3-34-26(33)20-8-12-23(13-9-20)35-24-14-21-10-11-22(15-24)31(21)25(32)19-6-4-18(5-7-19)16-36-27-29-28-17-30(27)2/h4-9,12-13,17,21-22,24H,3,10-11,14-16H2,1-2H3. The summed E-state index contributed by atoms with van der Waals surface area (Å²) in [6, 6.07) is 15.4. The van der Waals surface area contributed by atoms with E-state index in [0.29, 0.717) is 12.2 Å². The molecule has 1 amide bonds. The summed E-state index contributed by atoms with van der Waals surface area (Å²) in [7, 11) is 1.93. The smallest absolute Gasteiger partial charge is 0.338 e. The van der Waals surface area contributed by atoms with Crippen LogP contribution >= 0.6 is 11.8 Å². The Hall–Kier alpha value is -3.33. The van der Waals surface area contributed by atoms with Gasteiger partial charge in [0.05, 0.1) is 12.2 Å². The van der Waals surface area contributed by atoms with Crippen molar-refractivity contribution in [1.82, 2.24) is 19.7 Å². The molecule has 3 aromatic rings. The molecule has 2 atom stereocenters. The van der Waals surface area contributed by atoms with Gasteiger partial charge >= 0.3 is 5.97 Å². The summed E-state index contributed by atoms with van der Waals surface area (Å²) < 4.78 is 13.2. The molecule has 0 spiro atoms. The van der Waals surface area contributed by atoms with Crippen LogP contribution in [-0.4, -0.2) is 56.3 Å². The van der Waals surface area contributed by atoms with Crippen LogP contribution in [-0.2, 0) is 17.5 Å². The summed E-state index contributed by atoms with van der Waals surface area (Å²) in [4.78, 5) is 27.3. The minimum atomic E-state index is -0.328. The maximum absolute atomic E-state index is 13.4. The van der Waals surface area contributed by atoms with Gasteiger partial charge in [-0.3, -0.25) is 4.79 Å². The molecule has 0 saturated carbocycles. The highest BCUT2D eigenvalue weighted by Gasteiger charge is 2.44. The Balaban J connectivity index is 1.17. The number of amides is 1. The lowest BCUT2D eigenvalue weighted by Gasteiger charge is -2.39. The van der Waals surface area contributed by atoms with Gasteiger partial charge in [0.25, 0.3) is 5.91 Å². The quantitative estimate of drug-likeness (QED) is 0.328. The summed E-state index contributed by atoms with van der Waals surface area (Å²) >= 11 is 1.62. The average molecular weight is 507 g/mol. The molecule has 188 valence electrons. The van der Waals surface area contributed by atoms with Crippen LogP contribution < -0.4 is 4.74 Å². The van der Waals surface area contributed by atoms with Crippen molar-refractivity contribution in [1.29, 1.82) is 0 Å². The van der Waals surface area contributed by atoms with Crippen LogP contribution in [0.5, 0.6) is 5.75 Å². The third-order valence-corrected chi connectivity index (χ3v) is 7.94. The lowest BCUT2D eigenvalue weighted by Crippen LogP contribution is -2.49. The van der Waals surface area contributed by atoms with Crippen molar-refractivity contribution < 1.29 is 19.1 Å². The second kappa shape index (κ2) is 10.7. The Labute approximate surface area is 215 Å². The van der Waals surface area contributed by atoms with Gasteiger partial charge < -0.3 is 18.9 Å². The molecule has 1 aromatic heterocycles. The molecular formula is C27H30N4O4S. The lowest BCUT2D eigenvalue weighted by atomic mass is 9.98. The van der Waals surface area contributed by atoms with Crippen molar-refractivity contribution in [3.8, 4) is 5.75 Å². The van der Waals surface area contributed by atoms with E-state index < -0.39 is 0 Å². The highest BCUT2D eigenvalue weighted by Crippen LogP contribution is 2.38. The van der Waals surface area contributed by atoms with Gasteiger partial charge in [-0.05, 0) is 61.7 Å². The second-order valence-electron chi connectivity index (χ2n) is 9.26. The van der Waals surface area contributed by atoms with E-state index in [4.69, 9.17) is 9.47 Å². The Morgan fingerprint density at radius 3 is 2.28 bits per heavy atom. The van der Waals surface area contributed by atoms with Crippen LogP contribution in [0.2, 0.25) is 0 Å². The summed E-state index contributed by atoms with van der Waals surface area (Å²) in [6.07, 6.45) is 5.38. The number of aromatic nitrogens is 3. The number of rotatable bonds is 8. The number of ether oxygens (including phenoxy) is 2. The number of nitrogens with zero attached hydrogens (tertiary/aromatic N) is 4. The fraction of sp³-hybridized carbons (Fsp3) is 0.407. The van der Waals surface area contributed by atoms with Crippen LogP contribution in [0, 0.1) is 0 Å². The van der Waals surface area contributed by atoms with E-state index in [9.17, 15) is 9.59 Å². The van der Waals surface area contributed by atoms with E-state index in [0.717, 1.165) is 53.5 Å². The first-order valence-corrected chi connectivity index (χ1v) is 13.3. The molecule has 3 heterocycles. The molecule has 2 aliphatic heterocycles. The predicted molar refractivity (Wildman–Crippen MR) is 136 cm³/mol. The van der Waals surface area contributed by atoms with Crippen molar-refractivity contribution in [3.63, 3.8) is 0 Å². The monoisotopic (exact) mass is 506 g/mol. The van der Waals surface area contributed by atoms with E-state index in [-0.39, 0.29) is 30.1 Å². The normalized spacial score (nSPS) is 20.8. The van der Waals surface area contributed by atoms with Gasteiger partial charge in [-0.15, -0.1) is 10.2 Å². The molecule has 0 aliphatic carbocycles. The number of carbonyl (C=O) groups excluding carboxylic acids is 2. The Kier molecular flexibility index (Phi) is 7.27. The molecule has 2 fully saturated rings. The third kappa shape index (κ3) is 5.26. The zero-order valence-electron chi connectivity index (χ0n) is 20.5. The van der Waals surface area contributed by atoms with Crippen LogP contribution in [0.4, 0.5) is 0 Å². The van der Waals surface area contributed by atoms with Gasteiger partial charge in [0.2, 0.25) is 0 Å². The first kappa shape index (κ1) is 24.4. The van der Waals surface area contributed by atoms with E-state index >= 15 is 0 Å². The van der Waals surface area contributed by atoms with E-state index in [1.54, 1.807) is 37.1 Å². The average Bonchev–Trinajstić information content (AvgIpc) is 3.42. The van der Waals surface area contributed by atoms with Crippen LogP contribution in [0.1, 0.15) is 58.9 Å². The van der Waals surface area contributed by atoms with Gasteiger partial charge in [-0.25, -0.2) is 4.79 Å². The minimum Gasteiger partial charge on any atom is -0.490 e. The van der Waals surface area contributed by atoms with Crippen LogP contribution in [0.25, 0.3) is 0 Å². The number of carbonyl (C=O) groups is 2. The molecule has 8 nitrogen and oxygen atoms in total. The number of piperidine rings is 1. The van der Waals surface area contributed by atoms with Crippen molar-refractivity contribution >= 4 is 23.6 Å². The Morgan fingerprint density at radius 2 is 1.67 bits per heavy atom. The minimum absolute atomic E-state index is 0.0556. The molecule has 36 heavy (non-hydrogen) atoms. The van der Waals surface area contributed by atoms with Gasteiger partial charge in [-0.1, -0.05) is 23.9 Å². The van der Waals surface area contributed by atoms with Crippen molar-refractivity contribution in [2.75, 3.05) is 6.61 Å². The summed E-state index contributed by atoms with van der Waals surface area (Å²) in [5.41, 5.74) is 2.39. The first-order chi connectivity index (χ1) is 17.5. The number of fused-ring (bicyclic) bond motifs is 2. The summed E-state index contributed by atoms with van der Waals surface area (Å²) in [5.74, 6) is 1.29. The molecule has 2 aliphatic rings. The third-order valence-electron chi connectivity index (χ3n) is 6.83. The molecule has 9 heteroatoms. The molecule has 2 unspecified atom stereocenters. The topological polar surface area (TPSA) is 86.6 Å². The second-order valence-corrected chi connectivity index (χ2v) is 10.2.